The van der Waals surface area contributed by atoms with Crippen LogP contribution in [0.25, 0.3) is 0 Å². The number of aliphatic imine (C=N–C) groups is 1. The number of likely N-dealkylation sites (N-methyl/N-ethyl adjacent to an activating group) is 1. The SMILES string of the molecule is CCCN[C@H]1CCCC(C[C@@]2(CCC3CCCCC3)N=C(N)N(C)C2=O)C1. The molecule has 2 aliphatic carbocycles. The average molecular weight is 377 g/mol. The van der Waals surface area contributed by atoms with Crippen LogP contribution in [0.3, 0.4) is 0 Å². The van der Waals surface area contributed by atoms with Crippen molar-refractivity contribution in [1.29, 1.82) is 0 Å². The highest BCUT2D eigenvalue weighted by molar-refractivity contribution is 6.06. The average Bonchev–Trinajstić information content (AvgIpc) is 2.90. The van der Waals surface area contributed by atoms with Crippen molar-refractivity contribution in [3.8, 4) is 0 Å². The Balaban J connectivity index is 1.66. The molecule has 0 bridgehead atoms. The van der Waals surface area contributed by atoms with Crippen molar-refractivity contribution in [2.24, 2.45) is 22.6 Å². The van der Waals surface area contributed by atoms with Gasteiger partial charge in [-0.1, -0.05) is 51.9 Å². The van der Waals surface area contributed by atoms with Crippen molar-refractivity contribution in [1.82, 2.24) is 10.2 Å². The fourth-order valence-electron chi connectivity index (χ4n) is 5.56. The van der Waals surface area contributed by atoms with E-state index in [1.54, 1.807) is 11.9 Å². The Morgan fingerprint density at radius 2 is 1.89 bits per heavy atom. The zero-order valence-corrected chi connectivity index (χ0v) is 17.5. The van der Waals surface area contributed by atoms with Gasteiger partial charge in [0.25, 0.3) is 5.91 Å². The monoisotopic (exact) mass is 376 g/mol. The maximum atomic E-state index is 13.2. The van der Waals surface area contributed by atoms with Crippen LogP contribution in [0.1, 0.15) is 90.4 Å². The lowest BCUT2D eigenvalue weighted by atomic mass is 9.74. The number of nitrogens with two attached hydrogens (primary N) is 1. The number of carbonyl (C=O) groups is 1. The third-order valence-electron chi connectivity index (χ3n) is 7.16. The van der Waals surface area contributed by atoms with Gasteiger partial charge in [0.15, 0.2) is 5.96 Å². The lowest BCUT2D eigenvalue weighted by molar-refractivity contribution is -0.131. The van der Waals surface area contributed by atoms with Crippen LogP contribution in [-0.2, 0) is 4.79 Å². The van der Waals surface area contributed by atoms with E-state index in [0.29, 0.717) is 17.9 Å². The number of rotatable bonds is 8. The lowest BCUT2D eigenvalue weighted by Gasteiger charge is -2.35. The number of hydrogen-bond acceptors (Lipinski definition) is 4. The molecule has 0 aromatic carbocycles. The number of amides is 1. The summed E-state index contributed by atoms with van der Waals surface area (Å²) in [5, 5.41) is 3.70. The highest BCUT2D eigenvalue weighted by Gasteiger charge is 2.47. The van der Waals surface area contributed by atoms with Gasteiger partial charge < -0.3 is 11.1 Å². The van der Waals surface area contributed by atoms with E-state index in [4.69, 9.17) is 10.7 Å². The molecule has 2 fully saturated rings. The molecule has 0 saturated heterocycles. The smallest absolute Gasteiger partial charge is 0.257 e. The van der Waals surface area contributed by atoms with Crippen LogP contribution in [0, 0.1) is 11.8 Å². The molecule has 1 amide bonds. The maximum absolute atomic E-state index is 13.2. The topological polar surface area (TPSA) is 70.7 Å². The number of hydrogen-bond donors (Lipinski definition) is 2. The third-order valence-corrected chi connectivity index (χ3v) is 7.16. The van der Waals surface area contributed by atoms with E-state index in [9.17, 15) is 4.79 Å². The first-order valence-electron chi connectivity index (χ1n) is 11.4. The van der Waals surface area contributed by atoms with Crippen molar-refractivity contribution < 1.29 is 4.79 Å². The molecule has 0 radical (unpaired) electrons. The largest absolute Gasteiger partial charge is 0.369 e. The quantitative estimate of drug-likeness (QED) is 0.676. The normalized spacial score (nSPS) is 32.7. The Kier molecular flexibility index (Phi) is 7.18. The first-order valence-corrected chi connectivity index (χ1v) is 11.4. The molecule has 2 saturated carbocycles. The Morgan fingerprint density at radius 3 is 2.56 bits per heavy atom. The molecule has 0 aromatic rings. The van der Waals surface area contributed by atoms with E-state index in [-0.39, 0.29) is 5.91 Å². The zero-order valence-electron chi connectivity index (χ0n) is 17.5. The van der Waals surface area contributed by atoms with Crippen molar-refractivity contribution in [2.45, 2.75) is 102 Å². The van der Waals surface area contributed by atoms with Crippen molar-refractivity contribution in [2.75, 3.05) is 13.6 Å². The molecular formula is C22H40N4O. The van der Waals surface area contributed by atoms with E-state index in [1.165, 1.54) is 64.2 Å². The third kappa shape index (κ3) is 5.04. The summed E-state index contributed by atoms with van der Waals surface area (Å²) in [6, 6.07) is 0.606. The number of guanidine groups is 1. The Hall–Kier alpha value is -1.10. The lowest BCUT2D eigenvalue weighted by Crippen LogP contribution is -2.45. The second-order valence-electron chi connectivity index (χ2n) is 9.30. The van der Waals surface area contributed by atoms with Crippen LogP contribution in [0.2, 0.25) is 0 Å². The predicted molar refractivity (Wildman–Crippen MR) is 112 cm³/mol. The van der Waals surface area contributed by atoms with Gasteiger partial charge in [-0.3, -0.25) is 9.69 Å². The molecular weight excluding hydrogens is 336 g/mol. The van der Waals surface area contributed by atoms with E-state index >= 15 is 0 Å². The number of carbonyl (C=O) groups excluding carboxylic acids is 1. The Labute approximate surface area is 165 Å². The van der Waals surface area contributed by atoms with Gasteiger partial charge in [-0.15, -0.1) is 0 Å². The molecule has 3 atom stereocenters. The second kappa shape index (κ2) is 9.40. The van der Waals surface area contributed by atoms with Crippen molar-refractivity contribution >= 4 is 11.9 Å². The molecule has 3 rings (SSSR count). The molecule has 154 valence electrons. The minimum absolute atomic E-state index is 0.138. The molecule has 3 aliphatic rings. The fraction of sp³-hybridized carbons (Fsp3) is 0.909. The Bertz CT molecular complexity index is 528. The number of nitrogens with zero attached hydrogens (tertiary/aromatic N) is 2. The summed E-state index contributed by atoms with van der Waals surface area (Å²) in [4.78, 5) is 19.5. The summed E-state index contributed by atoms with van der Waals surface area (Å²) in [5.74, 6) is 1.90. The van der Waals surface area contributed by atoms with Gasteiger partial charge in [-0.05, 0) is 56.9 Å². The van der Waals surface area contributed by atoms with Gasteiger partial charge in [0.2, 0.25) is 0 Å². The molecule has 5 nitrogen and oxygen atoms in total. The van der Waals surface area contributed by atoms with Crippen LogP contribution < -0.4 is 11.1 Å². The van der Waals surface area contributed by atoms with Crippen LogP contribution in [0.5, 0.6) is 0 Å². The van der Waals surface area contributed by atoms with Gasteiger partial charge in [0.1, 0.15) is 5.54 Å². The Morgan fingerprint density at radius 1 is 1.15 bits per heavy atom. The van der Waals surface area contributed by atoms with Crippen LogP contribution in [0.15, 0.2) is 4.99 Å². The molecule has 1 aliphatic heterocycles. The highest BCUT2D eigenvalue weighted by atomic mass is 16.2. The standard InChI is InChI=1S/C22H40N4O/c1-3-14-24-19-11-7-10-18(15-19)16-22(20(27)26(2)21(23)25-22)13-12-17-8-5-4-6-9-17/h17-19,24H,3-16H2,1-2H3,(H2,23,25)/t18?,19-,22+/m0/s1. The first-order chi connectivity index (χ1) is 13.0. The minimum Gasteiger partial charge on any atom is -0.369 e. The van der Waals surface area contributed by atoms with E-state index < -0.39 is 5.54 Å². The highest BCUT2D eigenvalue weighted by Crippen LogP contribution is 2.40. The molecule has 1 heterocycles. The summed E-state index contributed by atoms with van der Waals surface area (Å²) in [7, 11) is 1.79. The van der Waals surface area contributed by atoms with Gasteiger partial charge in [0, 0.05) is 13.1 Å². The van der Waals surface area contributed by atoms with Gasteiger partial charge >= 0.3 is 0 Å². The van der Waals surface area contributed by atoms with Crippen molar-refractivity contribution in [3.63, 3.8) is 0 Å². The summed E-state index contributed by atoms with van der Waals surface area (Å²) < 4.78 is 0. The molecule has 27 heavy (non-hydrogen) atoms. The van der Waals surface area contributed by atoms with E-state index in [0.717, 1.165) is 31.7 Å². The predicted octanol–water partition coefficient (Wildman–Crippen LogP) is 3.82. The zero-order chi connectivity index (χ0) is 19.3. The van der Waals surface area contributed by atoms with E-state index in [1.807, 2.05) is 0 Å². The second-order valence-corrected chi connectivity index (χ2v) is 9.30. The van der Waals surface area contributed by atoms with Gasteiger partial charge in [-0.25, -0.2) is 4.99 Å². The maximum Gasteiger partial charge on any atom is 0.257 e. The van der Waals surface area contributed by atoms with Gasteiger partial charge in [-0.2, -0.15) is 0 Å². The van der Waals surface area contributed by atoms with Gasteiger partial charge in [0.05, 0.1) is 0 Å². The van der Waals surface area contributed by atoms with Crippen LogP contribution >= 0.6 is 0 Å². The first kappa shape index (κ1) is 20.6. The molecule has 0 spiro atoms. The van der Waals surface area contributed by atoms with Crippen LogP contribution in [-0.4, -0.2) is 41.9 Å². The van der Waals surface area contributed by atoms with Crippen LogP contribution in [0.4, 0.5) is 0 Å². The molecule has 5 heteroatoms. The summed E-state index contributed by atoms with van der Waals surface area (Å²) in [6.07, 6.45) is 15.7. The van der Waals surface area contributed by atoms with Crippen molar-refractivity contribution in [3.05, 3.63) is 0 Å². The molecule has 1 unspecified atom stereocenters. The summed E-state index contributed by atoms with van der Waals surface area (Å²) >= 11 is 0. The summed E-state index contributed by atoms with van der Waals surface area (Å²) in [5.41, 5.74) is 5.50. The fourth-order valence-corrected chi connectivity index (χ4v) is 5.56. The molecule has 0 aromatic heterocycles. The summed E-state index contributed by atoms with van der Waals surface area (Å²) in [6.45, 7) is 3.31. The number of nitrogens with one attached hydrogen (secondary N) is 1. The minimum atomic E-state index is -0.590. The van der Waals surface area contributed by atoms with E-state index in [2.05, 4.69) is 12.2 Å². The molecule has 3 N–H and O–H groups in total.